The van der Waals surface area contributed by atoms with Crippen molar-refractivity contribution in [3.63, 3.8) is 0 Å². The van der Waals surface area contributed by atoms with E-state index in [9.17, 15) is 9.18 Å². The first-order valence-electron chi connectivity index (χ1n) is 6.96. The molecule has 0 aliphatic rings. The number of hydrogen-bond donors (Lipinski definition) is 1. The fourth-order valence-corrected chi connectivity index (χ4v) is 2.51. The Balaban J connectivity index is 1.87. The molecule has 22 heavy (non-hydrogen) atoms. The molecule has 4 nitrogen and oxygen atoms in total. The summed E-state index contributed by atoms with van der Waals surface area (Å²) in [6, 6.07) is 8.66. The van der Waals surface area contributed by atoms with Gasteiger partial charge in [0.05, 0.1) is 17.8 Å². The summed E-state index contributed by atoms with van der Waals surface area (Å²) in [6.45, 7) is 3.75. The van der Waals surface area contributed by atoms with Crippen LogP contribution in [0.25, 0.3) is 11.0 Å². The van der Waals surface area contributed by atoms with Crippen LogP contribution in [0.5, 0.6) is 0 Å². The second kappa shape index (κ2) is 5.60. The third kappa shape index (κ3) is 2.45. The third-order valence-electron chi connectivity index (χ3n) is 3.64. The van der Waals surface area contributed by atoms with Crippen molar-refractivity contribution in [3.8, 4) is 0 Å². The summed E-state index contributed by atoms with van der Waals surface area (Å²) in [6.07, 6.45) is 2.40. The van der Waals surface area contributed by atoms with Crippen LogP contribution in [0.4, 0.5) is 4.39 Å². The summed E-state index contributed by atoms with van der Waals surface area (Å²) >= 11 is 0. The minimum atomic E-state index is -0.645. The van der Waals surface area contributed by atoms with Gasteiger partial charge in [-0.1, -0.05) is 18.2 Å². The molecule has 0 fully saturated rings. The van der Waals surface area contributed by atoms with Crippen molar-refractivity contribution in [2.24, 2.45) is 0 Å². The van der Waals surface area contributed by atoms with Gasteiger partial charge in [-0.25, -0.2) is 4.39 Å². The van der Waals surface area contributed by atoms with E-state index >= 15 is 0 Å². The summed E-state index contributed by atoms with van der Waals surface area (Å²) in [5.74, 6) is -0.468. The summed E-state index contributed by atoms with van der Waals surface area (Å²) in [5.41, 5.74) is 1.71. The number of pyridine rings is 1. The Morgan fingerprint density at radius 1 is 1.32 bits per heavy atom. The summed E-state index contributed by atoms with van der Waals surface area (Å²) in [4.78, 5) is 15.8. The van der Waals surface area contributed by atoms with Gasteiger partial charge >= 0.3 is 0 Å². The molecule has 0 saturated heterocycles. The largest absolute Gasteiger partial charge is 0.459 e. The van der Waals surface area contributed by atoms with Crippen LogP contribution < -0.4 is 5.32 Å². The third-order valence-corrected chi connectivity index (χ3v) is 3.64. The molecule has 5 heteroatoms. The van der Waals surface area contributed by atoms with Crippen molar-refractivity contribution in [2.45, 2.75) is 19.9 Å². The Morgan fingerprint density at radius 2 is 2.09 bits per heavy atom. The number of carbonyl (C=O) groups excluding carboxylic acids is 1. The zero-order valence-electron chi connectivity index (χ0n) is 12.3. The molecule has 0 spiro atoms. The first-order chi connectivity index (χ1) is 10.6. The quantitative estimate of drug-likeness (QED) is 0.801. The second-order valence-corrected chi connectivity index (χ2v) is 5.14. The van der Waals surface area contributed by atoms with Crippen molar-refractivity contribution in [3.05, 3.63) is 65.4 Å². The maximum atomic E-state index is 13.6. The molecule has 0 bridgehead atoms. The van der Waals surface area contributed by atoms with Crippen molar-refractivity contribution in [1.29, 1.82) is 0 Å². The molecular formula is C17H15FN2O2. The van der Waals surface area contributed by atoms with E-state index in [0.29, 0.717) is 5.76 Å². The Labute approximate surface area is 127 Å². The van der Waals surface area contributed by atoms with E-state index < -0.39 is 11.7 Å². The van der Waals surface area contributed by atoms with E-state index in [1.54, 1.807) is 0 Å². The number of nitrogens with one attached hydrogen (secondary N) is 1. The molecule has 1 amide bonds. The number of aromatic nitrogens is 1. The standard InChI is InChI=1S/C17H15FN2O2/c1-10-12-5-3-4-6-15(12)22-16(10)11(2)20-17(21)13-7-8-19-9-14(13)18/h3-9,11H,1-2H3,(H,20,21)/t11-/m1/s1. The molecule has 1 aromatic carbocycles. The maximum absolute atomic E-state index is 13.6. The van der Waals surface area contributed by atoms with Gasteiger partial charge in [0, 0.05) is 17.1 Å². The average molecular weight is 298 g/mol. The number of halogens is 1. The number of para-hydroxylation sites is 1. The molecule has 0 aliphatic carbocycles. The molecule has 0 radical (unpaired) electrons. The van der Waals surface area contributed by atoms with Gasteiger partial charge in [-0.3, -0.25) is 9.78 Å². The normalized spacial score (nSPS) is 12.3. The first-order valence-corrected chi connectivity index (χ1v) is 6.96. The minimum Gasteiger partial charge on any atom is -0.459 e. The molecule has 0 aliphatic heterocycles. The van der Waals surface area contributed by atoms with Gasteiger partial charge in [0.2, 0.25) is 0 Å². The number of fused-ring (bicyclic) bond motifs is 1. The molecule has 0 unspecified atom stereocenters. The van der Waals surface area contributed by atoms with Crippen molar-refractivity contribution in [2.75, 3.05) is 0 Å². The highest BCUT2D eigenvalue weighted by atomic mass is 19.1. The van der Waals surface area contributed by atoms with Crippen LogP contribution in [0.1, 0.15) is 34.6 Å². The maximum Gasteiger partial charge on any atom is 0.254 e. The number of hydrogen-bond acceptors (Lipinski definition) is 3. The molecule has 3 aromatic rings. The Morgan fingerprint density at radius 3 is 2.82 bits per heavy atom. The topological polar surface area (TPSA) is 55.1 Å². The number of benzene rings is 1. The fourth-order valence-electron chi connectivity index (χ4n) is 2.51. The Kier molecular flexibility index (Phi) is 3.63. The highest BCUT2D eigenvalue weighted by Crippen LogP contribution is 2.29. The first kappa shape index (κ1) is 14.3. The highest BCUT2D eigenvalue weighted by molar-refractivity contribution is 5.94. The number of aryl methyl sites for hydroxylation is 1. The van der Waals surface area contributed by atoms with Gasteiger partial charge in [0.25, 0.3) is 5.91 Å². The van der Waals surface area contributed by atoms with Crippen molar-refractivity contribution < 1.29 is 13.6 Å². The molecule has 0 saturated carbocycles. The number of nitrogens with zero attached hydrogens (tertiary/aromatic N) is 1. The van der Waals surface area contributed by atoms with E-state index in [2.05, 4.69) is 10.3 Å². The van der Waals surface area contributed by atoms with E-state index in [1.807, 2.05) is 38.1 Å². The molecule has 1 atom stereocenters. The molecule has 1 N–H and O–H groups in total. The summed E-state index contributed by atoms with van der Waals surface area (Å²) in [5, 5.41) is 3.76. The summed E-state index contributed by atoms with van der Waals surface area (Å²) < 4.78 is 19.4. The van der Waals surface area contributed by atoms with E-state index in [-0.39, 0.29) is 11.6 Å². The lowest BCUT2D eigenvalue weighted by Gasteiger charge is -2.12. The molecule has 2 aromatic heterocycles. The van der Waals surface area contributed by atoms with Gasteiger partial charge < -0.3 is 9.73 Å². The molecular weight excluding hydrogens is 283 g/mol. The van der Waals surface area contributed by atoms with Crippen LogP contribution in [0, 0.1) is 12.7 Å². The number of furan rings is 1. The molecule has 2 heterocycles. The highest BCUT2D eigenvalue weighted by Gasteiger charge is 2.20. The van der Waals surface area contributed by atoms with Crippen molar-refractivity contribution >= 4 is 16.9 Å². The van der Waals surface area contributed by atoms with E-state index in [4.69, 9.17) is 4.42 Å². The van der Waals surface area contributed by atoms with Crippen LogP contribution >= 0.6 is 0 Å². The lowest BCUT2D eigenvalue weighted by atomic mass is 10.1. The zero-order valence-corrected chi connectivity index (χ0v) is 12.3. The van der Waals surface area contributed by atoms with Crippen LogP contribution in [-0.2, 0) is 0 Å². The van der Waals surface area contributed by atoms with Gasteiger partial charge in [-0.05, 0) is 26.0 Å². The predicted molar refractivity (Wildman–Crippen MR) is 81.0 cm³/mol. The van der Waals surface area contributed by atoms with Crippen LogP contribution in [0.15, 0.2) is 47.1 Å². The SMILES string of the molecule is Cc1c([C@@H](C)NC(=O)c2ccncc2F)oc2ccccc12. The van der Waals surface area contributed by atoms with E-state index in [0.717, 1.165) is 22.7 Å². The van der Waals surface area contributed by atoms with E-state index in [1.165, 1.54) is 12.3 Å². The van der Waals surface area contributed by atoms with Crippen LogP contribution in [-0.4, -0.2) is 10.9 Å². The van der Waals surface area contributed by atoms with Gasteiger partial charge in [-0.15, -0.1) is 0 Å². The smallest absolute Gasteiger partial charge is 0.254 e. The van der Waals surface area contributed by atoms with Crippen LogP contribution in [0.2, 0.25) is 0 Å². The number of amides is 1. The zero-order chi connectivity index (χ0) is 15.7. The van der Waals surface area contributed by atoms with Crippen molar-refractivity contribution in [1.82, 2.24) is 10.3 Å². The summed E-state index contributed by atoms with van der Waals surface area (Å²) in [7, 11) is 0. The average Bonchev–Trinajstić information content (AvgIpc) is 2.85. The monoisotopic (exact) mass is 298 g/mol. The lowest BCUT2D eigenvalue weighted by Crippen LogP contribution is -2.27. The second-order valence-electron chi connectivity index (χ2n) is 5.14. The predicted octanol–water partition coefficient (Wildman–Crippen LogP) is 3.77. The van der Waals surface area contributed by atoms with Crippen LogP contribution in [0.3, 0.4) is 0 Å². The lowest BCUT2D eigenvalue weighted by molar-refractivity contribution is 0.0931. The fraction of sp³-hybridized carbons (Fsp3) is 0.176. The van der Waals surface area contributed by atoms with Gasteiger partial charge in [-0.2, -0.15) is 0 Å². The Bertz CT molecular complexity index is 842. The minimum absolute atomic E-state index is 0.0318. The molecule has 112 valence electrons. The van der Waals surface area contributed by atoms with Gasteiger partial charge in [0.1, 0.15) is 11.3 Å². The number of carbonyl (C=O) groups is 1. The molecule has 3 rings (SSSR count). The Hall–Kier alpha value is -2.69. The number of rotatable bonds is 3. The van der Waals surface area contributed by atoms with Gasteiger partial charge in [0.15, 0.2) is 5.82 Å².